The lowest BCUT2D eigenvalue weighted by atomic mass is 9.96. The Morgan fingerprint density at radius 2 is 1.74 bits per heavy atom. The van der Waals surface area contributed by atoms with Gasteiger partial charge >= 0.3 is 6.03 Å². The van der Waals surface area contributed by atoms with Gasteiger partial charge in [-0.15, -0.1) is 0 Å². The number of ether oxygens (including phenoxy) is 2. The number of anilines is 3. The zero-order valence-corrected chi connectivity index (χ0v) is 26.1. The molecule has 0 bridgehead atoms. The molecule has 0 saturated carbocycles. The fraction of sp³-hybridized carbons (Fsp3) is 0.412. The van der Waals surface area contributed by atoms with Crippen molar-refractivity contribution in [3.8, 4) is 11.5 Å². The van der Waals surface area contributed by atoms with Gasteiger partial charge < -0.3 is 19.4 Å². The first-order valence-corrected chi connectivity index (χ1v) is 15.6. The second-order valence-corrected chi connectivity index (χ2v) is 11.9. The molecule has 1 fully saturated rings. The third-order valence-corrected chi connectivity index (χ3v) is 9.06. The zero-order valence-electron chi connectivity index (χ0n) is 26.1. The minimum atomic E-state index is -1.28. The van der Waals surface area contributed by atoms with E-state index in [0.717, 1.165) is 53.2 Å². The van der Waals surface area contributed by atoms with Gasteiger partial charge in [0.25, 0.3) is 0 Å². The number of carbonyl (C=O) groups is 1. The highest BCUT2D eigenvalue weighted by Crippen LogP contribution is 2.45. The predicted molar refractivity (Wildman–Crippen MR) is 168 cm³/mol. The Labute approximate surface area is 264 Å². The topological polar surface area (TPSA) is 73.9 Å². The van der Waals surface area contributed by atoms with E-state index < -0.39 is 40.7 Å². The van der Waals surface area contributed by atoms with Crippen LogP contribution in [0, 0.1) is 29.2 Å². The highest BCUT2D eigenvalue weighted by Gasteiger charge is 2.40. The van der Waals surface area contributed by atoms with E-state index in [2.05, 4.69) is 21.8 Å². The minimum absolute atomic E-state index is 0.256. The average molecular weight is 640 g/mol. The van der Waals surface area contributed by atoms with Gasteiger partial charge in [0, 0.05) is 41.9 Å². The standard InChI is InChI=1S/C34H37F4N5O3/c1-4-7-20-8-6-13-41(14-11-20)15-12-22-16-23-31-21(18-39-33(23)40-22)19-42(32-29(37)26(45-2)17-27(46-3)30(32)38)34(44)43(31)25-10-5-9-24(35)28(25)36/h5,9-10,16-18,20H,4,6-8,11-15,19H2,1-3H3,(H,39,40). The number of aromatic nitrogens is 2. The van der Waals surface area contributed by atoms with Crippen molar-refractivity contribution in [1.82, 2.24) is 14.9 Å². The molecule has 2 aliphatic heterocycles. The molecule has 46 heavy (non-hydrogen) atoms. The molecule has 2 aromatic heterocycles. The molecule has 4 aromatic rings. The van der Waals surface area contributed by atoms with E-state index in [1.807, 2.05) is 6.07 Å². The summed E-state index contributed by atoms with van der Waals surface area (Å²) in [6.07, 6.45) is 8.22. The fourth-order valence-electron chi connectivity index (χ4n) is 6.72. The lowest BCUT2D eigenvalue weighted by Crippen LogP contribution is -2.46. The Kier molecular flexibility index (Phi) is 9.08. The Bertz CT molecular complexity index is 1730. The molecule has 1 atom stereocenters. The van der Waals surface area contributed by atoms with Gasteiger partial charge in [0.15, 0.2) is 34.8 Å². The van der Waals surface area contributed by atoms with E-state index in [4.69, 9.17) is 9.47 Å². The maximum absolute atomic E-state index is 15.6. The summed E-state index contributed by atoms with van der Waals surface area (Å²) in [6, 6.07) is 5.34. The summed E-state index contributed by atoms with van der Waals surface area (Å²) in [5.41, 5.74) is 0.795. The van der Waals surface area contributed by atoms with Gasteiger partial charge in [-0.1, -0.05) is 25.8 Å². The van der Waals surface area contributed by atoms with Crippen molar-refractivity contribution in [2.45, 2.75) is 52.0 Å². The second-order valence-electron chi connectivity index (χ2n) is 11.9. The SMILES string of the molecule is CCCC1CCCN(CCc2cc3c4c(cnc3[nH]2)CN(c2c(F)c(OC)cc(OC)c2F)C(=O)N4c2cccc(F)c2F)CC1. The van der Waals surface area contributed by atoms with Gasteiger partial charge in [-0.3, -0.25) is 9.80 Å². The summed E-state index contributed by atoms with van der Waals surface area (Å²) in [7, 11) is 2.39. The molecule has 244 valence electrons. The van der Waals surface area contributed by atoms with Crippen molar-refractivity contribution in [2.75, 3.05) is 43.7 Å². The number of amides is 2. The number of hydrogen-bond donors (Lipinski definition) is 1. The third-order valence-electron chi connectivity index (χ3n) is 9.06. The molecule has 12 heteroatoms. The van der Waals surface area contributed by atoms with Gasteiger partial charge in [0.1, 0.15) is 11.3 Å². The summed E-state index contributed by atoms with van der Waals surface area (Å²) in [5, 5.41) is 0.507. The van der Waals surface area contributed by atoms with E-state index in [-0.39, 0.29) is 23.7 Å². The fourth-order valence-corrected chi connectivity index (χ4v) is 6.72. The van der Waals surface area contributed by atoms with Crippen molar-refractivity contribution in [1.29, 1.82) is 0 Å². The van der Waals surface area contributed by atoms with Crippen LogP contribution in [0.2, 0.25) is 0 Å². The van der Waals surface area contributed by atoms with Gasteiger partial charge in [-0.2, -0.15) is 0 Å². The van der Waals surface area contributed by atoms with Crippen LogP contribution in [0.1, 0.15) is 50.3 Å². The lowest BCUT2D eigenvalue weighted by Gasteiger charge is -2.37. The van der Waals surface area contributed by atoms with E-state index in [1.54, 1.807) is 0 Å². The number of likely N-dealkylation sites (tertiary alicyclic amines) is 1. The first-order valence-electron chi connectivity index (χ1n) is 15.6. The molecule has 2 aliphatic rings. The molecule has 2 amide bonds. The Morgan fingerprint density at radius 3 is 2.46 bits per heavy atom. The molecule has 1 unspecified atom stereocenters. The summed E-state index contributed by atoms with van der Waals surface area (Å²) < 4.78 is 71.4. The van der Waals surface area contributed by atoms with Crippen LogP contribution in [0.25, 0.3) is 11.0 Å². The van der Waals surface area contributed by atoms with Crippen LogP contribution < -0.4 is 19.3 Å². The molecule has 1 N–H and O–H groups in total. The van der Waals surface area contributed by atoms with Crippen LogP contribution in [0.5, 0.6) is 11.5 Å². The zero-order chi connectivity index (χ0) is 32.5. The first kappa shape index (κ1) is 31.7. The Balaban J connectivity index is 1.41. The molecule has 1 saturated heterocycles. The quantitative estimate of drug-likeness (QED) is 0.189. The van der Waals surface area contributed by atoms with Crippen LogP contribution in [0.15, 0.2) is 36.5 Å². The summed E-state index contributed by atoms with van der Waals surface area (Å²) in [4.78, 5) is 26.4. The molecular weight excluding hydrogens is 602 g/mol. The smallest absolute Gasteiger partial charge is 0.334 e. The van der Waals surface area contributed by atoms with Crippen molar-refractivity contribution < 1.29 is 31.8 Å². The molecule has 0 aliphatic carbocycles. The summed E-state index contributed by atoms with van der Waals surface area (Å²) >= 11 is 0. The van der Waals surface area contributed by atoms with Gasteiger partial charge in [-0.25, -0.2) is 27.3 Å². The number of carbonyl (C=O) groups excluding carboxylic acids is 1. The maximum Gasteiger partial charge on any atom is 0.334 e. The Morgan fingerprint density at radius 1 is 0.978 bits per heavy atom. The van der Waals surface area contributed by atoms with Crippen molar-refractivity contribution in [3.63, 3.8) is 0 Å². The van der Waals surface area contributed by atoms with E-state index in [9.17, 15) is 9.18 Å². The molecule has 6 rings (SSSR count). The lowest BCUT2D eigenvalue weighted by molar-refractivity contribution is 0.251. The van der Waals surface area contributed by atoms with Crippen molar-refractivity contribution in [2.24, 2.45) is 5.92 Å². The number of hydrogen-bond acceptors (Lipinski definition) is 5. The number of nitrogens with one attached hydrogen (secondary N) is 1. The number of methoxy groups -OCH3 is 2. The summed E-state index contributed by atoms with van der Waals surface area (Å²) in [6.45, 7) is 4.83. The molecule has 0 spiro atoms. The van der Waals surface area contributed by atoms with E-state index >= 15 is 13.2 Å². The number of nitrogens with zero attached hydrogens (tertiary/aromatic N) is 4. The normalized spacial score (nSPS) is 17.4. The highest BCUT2D eigenvalue weighted by molar-refractivity contribution is 6.15. The number of rotatable bonds is 9. The molecule has 8 nitrogen and oxygen atoms in total. The predicted octanol–water partition coefficient (Wildman–Crippen LogP) is 7.86. The number of aromatic amines is 1. The largest absolute Gasteiger partial charge is 0.493 e. The van der Waals surface area contributed by atoms with Crippen molar-refractivity contribution >= 4 is 34.1 Å². The van der Waals surface area contributed by atoms with Crippen LogP contribution in [0.4, 0.5) is 39.4 Å². The molecular formula is C34H37F4N5O3. The molecule has 4 heterocycles. The van der Waals surface area contributed by atoms with Crippen LogP contribution >= 0.6 is 0 Å². The third kappa shape index (κ3) is 5.74. The average Bonchev–Trinajstić information content (AvgIpc) is 3.34. The number of benzene rings is 2. The Hall–Kier alpha value is -4.32. The summed E-state index contributed by atoms with van der Waals surface area (Å²) in [5.74, 6) is -4.70. The van der Waals surface area contributed by atoms with Gasteiger partial charge in [-0.05, 0) is 56.5 Å². The highest BCUT2D eigenvalue weighted by atomic mass is 19.2. The van der Waals surface area contributed by atoms with Crippen molar-refractivity contribution in [3.05, 3.63) is 71.1 Å². The number of halogens is 4. The van der Waals surface area contributed by atoms with Crippen LogP contribution in [-0.4, -0.2) is 54.8 Å². The molecule has 2 aromatic carbocycles. The van der Waals surface area contributed by atoms with Gasteiger partial charge in [0.2, 0.25) is 0 Å². The minimum Gasteiger partial charge on any atom is -0.493 e. The maximum atomic E-state index is 15.6. The second kappa shape index (κ2) is 13.2. The van der Waals surface area contributed by atoms with E-state index in [1.165, 1.54) is 64.7 Å². The van der Waals surface area contributed by atoms with Crippen LogP contribution in [0.3, 0.4) is 0 Å². The number of H-pyrrole nitrogens is 1. The van der Waals surface area contributed by atoms with Crippen LogP contribution in [-0.2, 0) is 13.0 Å². The van der Waals surface area contributed by atoms with E-state index in [0.29, 0.717) is 23.0 Å². The number of fused-ring (bicyclic) bond motifs is 3. The number of urea groups is 1. The van der Waals surface area contributed by atoms with Gasteiger partial charge in [0.05, 0.1) is 32.1 Å². The molecule has 0 radical (unpaired) electrons. The monoisotopic (exact) mass is 639 g/mol. The number of pyridine rings is 1. The first-order chi connectivity index (χ1) is 22.2.